The highest BCUT2D eigenvalue weighted by Crippen LogP contribution is 2.15. The third-order valence-corrected chi connectivity index (χ3v) is 3.17. The van der Waals surface area contributed by atoms with Gasteiger partial charge in [-0.1, -0.05) is 13.8 Å². The normalized spacial score (nSPS) is 20.3. The number of carboxylic acid groups (broad SMARTS) is 1. The molecule has 110 valence electrons. The van der Waals surface area contributed by atoms with Crippen LogP contribution in [0.5, 0.6) is 0 Å². The molecule has 0 aromatic heterocycles. The predicted octanol–water partition coefficient (Wildman–Crippen LogP) is 1.21. The van der Waals surface area contributed by atoms with Crippen LogP contribution in [-0.2, 0) is 9.53 Å². The van der Waals surface area contributed by atoms with Gasteiger partial charge in [-0.15, -0.1) is 0 Å². The molecule has 0 saturated carbocycles. The van der Waals surface area contributed by atoms with Gasteiger partial charge in [-0.25, -0.2) is 9.59 Å². The second-order valence-electron chi connectivity index (χ2n) is 5.44. The smallest absolute Gasteiger partial charge is 0.326 e. The SMILES string of the molecule is CC(C)C[C@H](NC(=O)NCCC1CCOC1)C(=O)O. The van der Waals surface area contributed by atoms with E-state index in [1.165, 1.54) is 0 Å². The number of carboxylic acids is 1. The van der Waals surface area contributed by atoms with E-state index in [9.17, 15) is 9.59 Å². The first-order valence-electron chi connectivity index (χ1n) is 6.84. The zero-order valence-corrected chi connectivity index (χ0v) is 11.6. The van der Waals surface area contributed by atoms with Crippen molar-refractivity contribution in [1.82, 2.24) is 10.6 Å². The number of rotatable bonds is 7. The van der Waals surface area contributed by atoms with Crippen LogP contribution in [0, 0.1) is 11.8 Å². The molecular formula is C13H24N2O4. The molecule has 1 saturated heterocycles. The Kier molecular flexibility index (Phi) is 6.62. The van der Waals surface area contributed by atoms with Gasteiger partial charge in [0.25, 0.3) is 0 Å². The second kappa shape index (κ2) is 7.99. The average molecular weight is 272 g/mol. The van der Waals surface area contributed by atoms with Crippen LogP contribution < -0.4 is 10.6 Å². The number of carbonyl (C=O) groups is 2. The number of carbonyl (C=O) groups excluding carboxylic acids is 1. The minimum Gasteiger partial charge on any atom is -0.480 e. The molecule has 1 fully saturated rings. The minimum atomic E-state index is -0.993. The number of amides is 2. The molecule has 0 spiro atoms. The lowest BCUT2D eigenvalue weighted by molar-refractivity contribution is -0.139. The zero-order valence-electron chi connectivity index (χ0n) is 11.6. The van der Waals surface area contributed by atoms with Gasteiger partial charge < -0.3 is 20.5 Å². The maximum atomic E-state index is 11.6. The van der Waals surface area contributed by atoms with Crippen LogP contribution in [0.4, 0.5) is 4.79 Å². The second-order valence-corrected chi connectivity index (χ2v) is 5.44. The first-order valence-corrected chi connectivity index (χ1v) is 6.84. The fourth-order valence-electron chi connectivity index (χ4n) is 2.10. The quantitative estimate of drug-likeness (QED) is 0.650. The van der Waals surface area contributed by atoms with Gasteiger partial charge in [0, 0.05) is 19.8 Å². The molecule has 0 aliphatic carbocycles. The van der Waals surface area contributed by atoms with E-state index >= 15 is 0 Å². The van der Waals surface area contributed by atoms with E-state index in [2.05, 4.69) is 10.6 Å². The number of aliphatic carboxylic acids is 1. The third-order valence-electron chi connectivity index (χ3n) is 3.17. The number of hydrogen-bond donors (Lipinski definition) is 3. The van der Waals surface area contributed by atoms with E-state index < -0.39 is 18.0 Å². The summed E-state index contributed by atoms with van der Waals surface area (Å²) in [5.74, 6) is -0.267. The lowest BCUT2D eigenvalue weighted by Crippen LogP contribution is -2.46. The van der Waals surface area contributed by atoms with Crippen molar-refractivity contribution in [2.24, 2.45) is 11.8 Å². The standard InChI is InChI=1S/C13H24N2O4/c1-9(2)7-11(12(16)17)15-13(18)14-5-3-10-4-6-19-8-10/h9-11H,3-8H2,1-2H3,(H,16,17)(H2,14,15,18)/t10?,11-/m0/s1. The van der Waals surface area contributed by atoms with Gasteiger partial charge in [-0.3, -0.25) is 0 Å². The number of urea groups is 1. The molecule has 2 amide bonds. The van der Waals surface area contributed by atoms with E-state index in [0.717, 1.165) is 26.1 Å². The van der Waals surface area contributed by atoms with Crippen molar-refractivity contribution >= 4 is 12.0 Å². The molecule has 1 aliphatic heterocycles. The summed E-state index contributed by atoms with van der Waals surface area (Å²) in [5, 5.41) is 14.2. The first kappa shape index (κ1) is 15.8. The monoisotopic (exact) mass is 272 g/mol. The topological polar surface area (TPSA) is 87.7 Å². The van der Waals surface area contributed by atoms with Gasteiger partial charge in [0.15, 0.2) is 0 Å². The molecule has 1 aliphatic rings. The lowest BCUT2D eigenvalue weighted by atomic mass is 10.0. The molecule has 19 heavy (non-hydrogen) atoms. The van der Waals surface area contributed by atoms with Crippen LogP contribution in [0.15, 0.2) is 0 Å². The molecule has 0 aromatic carbocycles. The lowest BCUT2D eigenvalue weighted by Gasteiger charge is -2.17. The number of nitrogens with one attached hydrogen (secondary N) is 2. The third kappa shape index (κ3) is 6.42. The van der Waals surface area contributed by atoms with Crippen molar-refractivity contribution in [1.29, 1.82) is 0 Å². The maximum Gasteiger partial charge on any atom is 0.326 e. The predicted molar refractivity (Wildman–Crippen MR) is 71.0 cm³/mol. The van der Waals surface area contributed by atoms with Crippen molar-refractivity contribution in [3.05, 3.63) is 0 Å². The van der Waals surface area contributed by atoms with Gasteiger partial charge in [0.1, 0.15) is 6.04 Å². The number of hydrogen-bond acceptors (Lipinski definition) is 3. The van der Waals surface area contributed by atoms with Gasteiger partial charge in [0.05, 0.1) is 0 Å². The molecule has 6 heteroatoms. The zero-order chi connectivity index (χ0) is 14.3. The summed E-state index contributed by atoms with van der Waals surface area (Å²) in [5.41, 5.74) is 0. The van der Waals surface area contributed by atoms with Crippen LogP contribution in [0.25, 0.3) is 0 Å². The van der Waals surface area contributed by atoms with Crippen LogP contribution in [0.1, 0.15) is 33.1 Å². The first-order chi connectivity index (χ1) is 8.99. The Morgan fingerprint density at radius 1 is 1.42 bits per heavy atom. The van der Waals surface area contributed by atoms with Crippen LogP contribution >= 0.6 is 0 Å². The van der Waals surface area contributed by atoms with E-state index in [4.69, 9.17) is 9.84 Å². The molecule has 0 radical (unpaired) electrons. The summed E-state index contributed by atoms with van der Waals surface area (Å²) in [6.07, 6.45) is 2.34. The van der Waals surface area contributed by atoms with Gasteiger partial charge in [0.2, 0.25) is 0 Å². The average Bonchev–Trinajstić information content (AvgIpc) is 2.80. The van der Waals surface area contributed by atoms with Crippen LogP contribution in [0.2, 0.25) is 0 Å². The van der Waals surface area contributed by atoms with Crippen molar-refractivity contribution in [2.75, 3.05) is 19.8 Å². The van der Waals surface area contributed by atoms with E-state index in [-0.39, 0.29) is 5.92 Å². The Balaban J connectivity index is 2.21. The van der Waals surface area contributed by atoms with Crippen LogP contribution in [0.3, 0.4) is 0 Å². The van der Waals surface area contributed by atoms with E-state index in [0.29, 0.717) is 18.9 Å². The summed E-state index contributed by atoms with van der Waals surface area (Å²) in [4.78, 5) is 22.6. The Morgan fingerprint density at radius 3 is 2.68 bits per heavy atom. The van der Waals surface area contributed by atoms with Crippen molar-refractivity contribution < 1.29 is 19.4 Å². The highest BCUT2D eigenvalue weighted by Gasteiger charge is 2.21. The molecule has 6 nitrogen and oxygen atoms in total. The summed E-state index contributed by atoms with van der Waals surface area (Å²) < 4.78 is 5.25. The van der Waals surface area contributed by atoms with Crippen molar-refractivity contribution in [3.63, 3.8) is 0 Å². The fraction of sp³-hybridized carbons (Fsp3) is 0.846. The fourth-order valence-corrected chi connectivity index (χ4v) is 2.10. The summed E-state index contributed by atoms with van der Waals surface area (Å²) in [7, 11) is 0. The highest BCUT2D eigenvalue weighted by molar-refractivity contribution is 5.82. The largest absolute Gasteiger partial charge is 0.480 e. The molecule has 1 heterocycles. The maximum absolute atomic E-state index is 11.6. The van der Waals surface area contributed by atoms with Crippen molar-refractivity contribution in [2.45, 2.75) is 39.2 Å². The van der Waals surface area contributed by atoms with Crippen molar-refractivity contribution in [3.8, 4) is 0 Å². The Labute approximate surface area is 113 Å². The minimum absolute atomic E-state index is 0.219. The molecule has 0 bridgehead atoms. The number of ether oxygens (including phenoxy) is 1. The Bertz CT molecular complexity index is 301. The Morgan fingerprint density at radius 2 is 2.16 bits per heavy atom. The molecule has 3 N–H and O–H groups in total. The van der Waals surface area contributed by atoms with E-state index in [1.54, 1.807) is 0 Å². The Hall–Kier alpha value is -1.30. The van der Waals surface area contributed by atoms with E-state index in [1.807, 2.05) is 13.8 Å². The summed E-state index contributed by atoms with van der Waals surface area (Å²) >= 11 is 0. The molecule has 1 rings (SSSR count). The molecule has 0 aromatic rings. The van der Waals surface area contributed by atoms with Gasteiger partial charge in [-0.2, -0.15) is 0 Å². The van der Waals surface area contributed by atoms with Gasteiger partial charge in [-0.05, 0) is 31.1 Å². The van der Waals surface area contributed by atoms with Gasteiger partial charge >= 0.3 is 12.0 Å². The van der Waals surface area contributed by atoms with Crippen LogP contribution in [-0.4, -0.2) is 42.9 Å². The highest BCUT2D eigenvalue weighted by atomic mass is 16.5. The summed E-state index contributed by atoms with van der Waals surface area (Å²) in [6, 6.07) is -1.23. The summed E-state index contributed by atoms with van der Waals surface area (Å²) in [6.45, 7) is 5.96. The molecule has 1 unspecified atom stereocenters. The molecule has 2 atom stereocenters. The molecular weight excluding hydrogens is 248 g/mol.